The average molecular weight is 278 g/mol. The van der Waals surface area contributed by atoms with Crippen LogP contribution in [-0.2, 0) is 10.0 Å². The number of nitrogens with two attached hydrogens (primary N) is 1. The van der Waals surface area contributed by atoms with Crippen LogP contribution in [0.2, 0.25) is 0 Å². The van der Waals surface area contributed by atoms with E-state index in [-0.39, 0.29) is 10.6 Å². The molecule has 3 N–H and O–H groups in total. The highest BCUT2D eigenvalue weighted by atomic mass is 32.2. The SMILES string of the molecule is CN(c1ccccc1N)S(=O)(=O)c1ccc(O)cc1. The third-order valence-corrected chi connectivity index (χ3v) is 4.56. The van der Waals surface area contributed by atoms with Gasteiger partial charge in [0, 0.05) is 7.05 Å². The Morgan fingerprint density at radius 1 is 1.05 bits per heavy atom. The highest BCUT2D eigenvalue weighted by molar-refractivity contribution is 7.92. The monoisotopic (exact) mass is 278 g/mol. The maximum absolute atomic E-state index is 12.4. The summed E-state index contributed by atoms with van der Waals surface area (Å²) < 4.78 is 25.9. The number of hydrogen-bond acceptors (Lipinski definition) is 4. The molecule has 2 rings (SSSR count). The van der Waals surface area contributed by atoms with Gasteiger partial charge in [-0.25, -0.2) is 8.42 Å². The van der Waals surface area contributed by atoms with Crippen molar-refractivity contribution in [3.8, 4) is 5.75 Å². The molecule has 0 bridgehead atoms. The molecule has 0 radical (unpaired) electrons. The van der Waals surface area contributed by atoms with Gasteiger partial charge in [-0.3, -0.25) is 4.31 Å². The zero-order valence-electron chi connectivity index (χ0n) is 10.3. The van der Waals surface area contributed by atoms with Gasteiger partial charge in [-0.05, 0) is 36.4 Å². The van der Waals surface area contributed by atoms with Crippen LogP contribution in [0.5, 0.6) is 5.75 Å². The number of rotatable bonds is 3. The number of nitrogens with zero attached hydrogens (tertiary/aromatic N) is 1. The zero-order chi connectivity index (χ0) is 14.0. The molecule has 0 saturated carbocycles. The zero-order valence-corrected chi connectivity index (χ0v) is 11.1. The molecular weight excluding hydrogens is 264 g/mol. The van der Waals surface area contributed by atoms with Crippen LogP contribution < -0.4 is 10.0 Å². The van der Waals surface area contributed by atoms with Crippen molar-refractivity contribution in [3.63, 3.8) is 0 Å². The van der Waals surface area contributed by atoms with E-state index in [0.717, 1.165) is 4.31 Å². The number of nitrogen functional groups attached to an aromatic ring is 1. The van der Waals surface area contributed by atoms with Crippen LogP contribution in [0.3, 0.4) is 0 Å². The van der Waals surface area contributed by atoms with Gasteiger partial charge in [0.15, 0.2) is 0 Å². The standard InChI is InChI=1S/C13H14N2O3S/c1-15(13-5-3-2-4-12(13)14)19(17,18)11-8-6-10(16)7-9-11/h2-9,16H,14H2,1H3. The molecule has 19 heavy (non-hydrogen) atoms. The third kappa shape index (κ3) is 2.48. The van der Waals surface area contributed by atoms with E-state index in [1.54, 1.807) is 24.3 Å². The van der Waals surface area contributed by atoms with Gasteiger partial charge in [-0.1, -0.05) is 12.1 Å². The minimum Gasteiger partial charge on any atom is -0.508 e. The van der Waals surface area contributed by atoms with Crippen LogP contribution >= 0.6 is 0 Å². The molecule has 2 aromatic carbocycles. The van der Waals surface area contributed by atoms with E-state index in [1.807, 2.05) is 0 Å². The summed E-state index contributed by atoms with van der Waals surface area (Å²) in [5.41, 5.74) is 6.57. The van der Waals surface area contributed by atoms with E-state index in [0.29, 0.717) is 11.4 Å². The molecule has 0 aliphatic carbocycles. The van der Waals surface area contributed by atoms with Gasteiger partial charge in [0.2, 0.25) is 0 Å². The number of para-hydroxylation sites is 2. The second-order valence-electron chi connectivity index (χ2n) is 4.03. The number of sulfonamides is 1. The molecule has 0 amide bonds. The highest BCUT2D eigenvalue weighted by Gasteiger charge is 2.22. The highest BCUT2D eigenvalue weighted by Crippen LogP contribution is 2.27. The van der Waals surface area contributed by atoms with Crippen molar-refractivity contribution in [3.05, 3.63) is 48.5 Å². The van der Waals surface area contributed by atoms with Crippen LogP contribution in [0.15, 0.2) is 53.4 Å². The first-order valence-electron chi connectivity index (χ1n) is 5.55. The predicted molar refractivity (Wildman–Crippen MR) is 74.6 cm³/mol. The topological polar surface area (TPSA) is 83.6 Å². The number of benzene rings is 2. The normalized spacial score (nSPS) is 11.2. The smallest absolute Gasteiger partial charge is 0.264 e. The average Bonchev–Trinajstić information content (AvgIpc) is 2.39. The fourth-order valence-corrected chi connectivity index (χ4v) is 2.90. The molecule has 100 valence electrons. The van der Waals surface area contributed by atoms with E-state index in [1.165, 1.54) is 31.3 Å². The summed E-state index contributed by atoms with van der Waals surface area (Å²) in [7, 11) is -2.25. The van der Waals surface area contributed by atoms with Gasteiger partial charge in [0.05, 0.1) is 16.3 Å². The Labute approximate surface area is 112 Å². The lowest BCUT2D eigenvalue weighted by molar-refractivity contribution is 0.475. The summed E-state index contributed by atoms with van der Waals surface area (Å²) in [5.74, 6) is 0.0147. The van der Waals surface area contributed by atoms with Crippen molar-refractivity contribution in [2.45, 2.75) is 4.90 Å². The van der Waals surface area contributed by atoms with Gasteiger partial charge in [0.1, 0.15) is 5.75 Å². The number of phenols is 1. The fourth-order valence-electron chi connectivity index (χ4n) is 1.68. The summed E-state index contributed by atoms with van der Waals surface area (Å²) in [4.78, 5) is 0.0936. The minimum atomic E-state index is -3.69. The fraction of sp³-hybridized carbons (Fsp3) is 0.0769. The summed E-state index contributed by atoms with van der Waals surface area (Å²) in [6, 6.07) is 12.1. The van der Waals surface area contributed by atoms with Crippen LogP contribution in [-0.4, -0.2) is 20.6 Å². The lowest BCUT2D eigenvalue weighted by Crippen LogP contribution is -2.27. The Morgan fingerprint density at radius 3 is 2.21 bits per heavy atom. The predicted octanol–water partition coefficient (Wildman–Crippen LogP) is 1.80. The maximum Gasteiger partial charge on any atom is 0.264 e. The number of anilines is 2. The Morgan fingerprint density at radius 2 is 1.63 bits per heavy atom. The summed E-state index contributed by atoms with van der Waals surface area (Å²) in [5, 5.41) is 9.19. The molecule has 0 heterocycles. The van der Waals surface area contributed by atoms with Crippen LogP contribution in [0.25, 0.3) is 0 Å². The summed E-state index contributed by atoms with van der Waals surface area (Å²) in [6.45, 7) is 0. The van der Waals surface area contributed by atoms with E-state index in [2.05, 4.69) is 0 Å². The number of hydrogen-bond donors (Lipinski definition) is 2. The van der Waals surface area contributed by atoms with Crippen LogP contribution in [0.1, 0.15) is 0 Å². The maximum atomic E-state index is 12.4. The quantitative estimate of drug-likeness (QED) is 0.838. The number of phenolic OH excluding ortho intramolecular Hbond substituents is 1. The molecule has 2 aromatic rings. The van der Waals surface area contributed by atoms with Gasteiger partial charge >= 0.3 is 0 Å². The van der Waals surface area contributed by atoms with Gasteiger partial charge < -0.3 is 10.8 Å². The first-order chi connectivity index (χ1) is 8.93. The molecule has 0 saturated heterocycles. The van der Waals surface area contributed by atoms with Crippen molar-refractivity contribution in [1.82, 2.24) is 0 Å². The van der Waals surface area contributed by atoms with Gasteiger partial charge in [0.25, 0.3) is 10.0 Å². The van der Waals surface area contributed by atoms with Gasteiger partial charge in [-0.15, -0.1) is 0 Å². The second-order valence-corrected chi connectivity index (χ2v) is 5.99. The lowest BCUT2D eigenvalue weighted by atomic mass is 10.3. The van der Waals surface area contributed by atoms with E-state index < -0.39 is 10.0 Å². The summed E-state index contributed by atoms with van der Waals surface area (Å²) >= 11 is 0. The van der Waals surface area contributed by atoms with E-state index in [9.17, 15) is 13.5 Å². The molecule has 0 fully saturated rings. The first-order valence-corrected chi connectivity index (χ1v) is 6.99. The minimum absolute atomic E-state index is 0.0147. The molecule has 0 aliphatic rings. The van der Waals surface area contributed by atoms with Crippen molar-refractivity contribution in [2.75, 3.05) is 17.1 Å². The Hall–Kier alpha value is -2.21. The molecule has 0 unspecified atom stereocenters. The molecule has 0 spiro atoms. The van der Waals surface area contributed by atoms with Crippen molar-refractivity contribution >= 4 is 21.4 Å². The lowest BCUT2D eigenvalue weighted by Gasteiger charge is -2.21. The second kappa shape index (κ2) is 4.81. The molecule has 0 aliphatic heterocycles. The largest absolute Gasteiger partial charge is 0.508 e. The van der Waals surface area contributed by atoms with Crippen molar-refractivity contribution in [1.29, 1.82) is 0 Å². The Kier molecular flexibility index (Phi) is 3.35. The molecule has 5 nitrogen and oxygen atoms in total. The Balaban J connectivity index is 2.45. The molecule has 0 aromatic heterocycles. The molecule has 0 atom stereocenters. The van der Waals surface area contributed by atoms with E-state index in [4.69, 9.17) is 5.73 Å². The molecular formula is C13H14N2O3S. The van der Waals surface area contributed by atoms with Gasteiger partial charge in [-0.2, -0.15) is 0 Å². The molecule has 6 heteroatoms. The summed E-state index contributed by atoms with van der Waals surface area (Å²) in [6.07, 6.45) is 0. The Bertz CT molecular complexity index is 681. The van der Waals surface area contributed by atoms with Crippen molar-refractivity contribution < 1.29 is 13.5 Å². The van der Waals surface area contributed by atoms with Crippen LogP contribution in [0.4, 0.5) is 11.4 Å². The number of aromatic hydroxyl groups is 1. The third-order valence-electron chi connectivity index (χ3n) is 2.77. The van der Waals surface area contributed by atoms with E-state index >= 15 is 0 Å². The first kappa shape index (κ1) is 13.2. The van der Waals surface area contributed by atoms with Crippen molar-refractivity contribution in [2.24, 2.45) is 0 Å². The van der Waals surface area contributed by atoms with Crippen LogP contribution in [0, 0.1) is 0 Å².